The molecule has 2 amide bonds. The van der Waals surface area contributed by atoms with Crippen LogP contribution in [0.4, 0.5) is 4.79 Å². The Balaban J connectivity index is 1.51. The van der Waals surface area contributed by atoms with Gasteiger partial charge in [0.1, 0.15) is 6.04 Å². The molecule has 0 spiro atoms. The molecular weight excluding hydrogens is 394 g/mol. The normalized spacial score (nSPS) is 14.9. The Hall–Kier alpha value is -3.79. The number of benzene rings is 3. The Morgan fingerprint density at radius 1 is 0.906 bits per heavy atom. The maximum Gasteiger partial charge on any atom is 0.318 e. The summed E-state index contributed by atoms with van der Waals surface area (Å²) in [7, 11) is 0. The fourth-order valence-corrected chi connectivity index (χ4v) is 4.62. The Morgan fingerprint density at radius 3 is 2.50 bits per heavy atom. The largest absolute Gasteiger partial charge is 0.338 e. The summed E-state index contributed by atoms with van der Waals surface area (Å²) in [5, 5.41) is 3.18. The lowest BCUT2D eigenvalue weighted by atomic mass is 9.97. The molecule has 4 nitrogen and oxygen atoms in total. The van der Waals surface area contributed by atoms with Crippen LogP contribution in [0.1, 0.15) is 34.0 Å². The minimum Gasteiger partial charge on any atom is -0.338 e. The Labute approximate surface area is 189 Å². The Kier molecular flexibility index (Phi) is 5.51. The molecule has 1 aromatic heterocycles. The lowest BCUT2D eigenvalue weighted by Crippen LogP contribution is -2.42. The minimum absolute atomic E-state index is 0.0429. The summed E-state index contributed by atoms with van der Waals surface area (Å²) in [5.41, 5.74) is 6.92. The fourth-order valence-electron chi connectivity index (χ4n) is 4.62. The van der Waals surface area contributed by atoms with Gasteiger partial charge in [-0.2, -0.15) is 0 Å². The van der Waals surface area contributed by atoms with E-state index in [2.05, 4.69) is 83.7 Å². The quantitative estimate of drug-likeness (QED) is 0.455. The van der Waals surface area contributed by atoms with E-state index in [4.69, 9.17) is 0 Å². The third-order valence-electron chi connectivity index (χ3n) is 6.24. The predicted molar refractivity (Wildman–Crippen MR) is 128 cm³/mol. The second-order valence-corrected chi connectivity index (χ2v) is 8.29. The van der Waals surface area contributed by atoms with Crippen molar-refractivity contribution >= 4 is 6.03 Å². The molecular formula is C28H27N3O. The highest BCUT2D eigenvalue weighted by Crippen LogP contribution is 2.37. The van der Waals surface area contributed by atoms with E-state index in [0.717, 1.165) is 28.9 Å². The number of hydrogen-bond donors (Lipinski definition) is 1. The number of urea groups is 1. The summed E-state index contributed by atoms with van der Waals surface area (Å²) in [4.78, 5) is 15.6. The van der Waals surface area contributed by atoms with Crippen molar-refractivity contribution in [3.05, 3.63) is 125 Å². The number of hydrogen-bond acceptors (Lipinski definition) is 1. The molecule has 0 saturated heterocycles. The molecule has 0 radical (unpaired) electrons. The minimum atomic E-state index is -0.171. The molecule has 4 heteroatoms. The number of para-hydroxylation sites is 1. The first kappa shape index (κ1) is 20.1. The lowest BCUT2D eigenvalue weighted by molar-refractivity contribution is 0.180. The fraction of sp³-hybridized carbons (Fsp3) is 0.179. The monoisotopic (exact) mass is 421 g/mol. The number of aryl methyl sites for hydroxylation is 1. The van der Waals surface area contributed by atoms with Gasteiger partial charge >= 0.3 is 6.03 Å². The molecule has 0 bridgehead atoms. The maximum atomic E-state index is 13.6. The van der Waals surface area contributed by atoms with Crippen LogP contribution in [0.5, 0.6) is 0 Å². The average Bonchev–Trinajstić information content (AvgIpc) is 3.25. The smallest absolute Gasteiger partial charge is 0.318 e. The van der Waals surface area contributed by atoms with E-state index in [0.29, 0.717) is 13.1 Å². The van der Waals surface area contributed by atoms with E-state index < -0.39 is 0 Å². The van der Waals surface area contributed by atoms with Crippen molar-refractivity contribution in [1.29, 1.82) is 0 Å². The molecule has 32 heavy (non-hydrogen) atoms. The number of fused-ring (bicyclic) bond motifs is 3. The highest BCUT2D eigenvalue weighted by Gasteiger charge is 2.33. The number of carbonyl (C=O) groups excluding carboxylic acids is 1. The summed E-state index contributed by atoms with van der Waals surface area (Å²) in [6, 6.07) is 30.9. The molecule has 4 aromatic rings. The van der Waals surface area contributed by atoms with Gasteiger partial charge < -0.3 is 14.8 Å². The standard InChI is InChI=1S/C28H27N3O/c1-21-10-5-7-14-24(21)27-26-16-9-19-30(26)25-15-8-6-13-23(25)20-31(27)28(32)29-18-17-22-11-3-2-4-12-22/h2-16,19,27H,17-18,20H2,1H3,(H,29,32)/t27-/m1/s1. The van der Waals surface area contributed by atoms with E-state index in [-0.39, 0.29) is 12.1 Å². The van der Waals surface area contributed by atoms with Gasteiger partial charge in [0.05, 0.1) is 12.2 Å². The molecule has 5 rings (SSSR count). The van der Waals surface area contributed by atoms with Crippen LogP contribution in [0.2, 0.25) is 0 Å². The first-order chi connectivity index (χ1) is 15.7. The molecule has 1 atom stereocenters. The number of rotatable bonds is 4. The molecule has 2 heterocycles. The first-order valence-corrected chi connectivity index (χ1v) is 11.1. The van der Waals surface area contributed by atoms with Crippen LogP contribution in [0.25, 0.3) is 5.69 Å². The van der Waals surface area contributed by atoms with E-state index in [1.807, 2.05) is 35.2 Å². The first-order valence-electron chi connectivity index (χ1n) is 11.1. The second kappa shape index (κ2) is 8.75. The third kappa shape index (κ3) is 3.80. The van der Waals surface area contributed by atoms with Crippen molar-refractivity contribution in [3.8, 4) is 5.69 Å². The number of carbonyl (C=O) groups is 1. The van der Waals surface area contributed by atoms with Gasteiger partial charge in [-0.1, -0.05) is 72.8 Å². The van der Waals surface area contributed by atoms with Crippen molar-refractivity contribution in [3.63, 3.8) is 0 Å². The van der Waals surface area contributed by atoms with Gasteiger partial charge in [-0.25, -0.2) is 4.79 Å². The molecule has 1 aliphatic rings. The van der Waals surface area contributed by atoms with Gasteiger partial charge in [0.2, 0.25) is 0 Å². The maximum absolute atomic E-state index is 13.6. The molecule has 1 N–H and O–H groups in total. The summed E-state index contributed by atoms with van der Waals surface area (Å²) in [6.45, 7) is 3.27. The van der Waals surface area contributed by atoms with Crippen LogP contribution in [0.3, 0.4) is 0 Å². The highest BCUT2D eigenvalue weighted by molar-refractivity contribution is 5.76. The van der Waals surface area contributed by atoms with Gasteiger partial charge in [-0.15, -0.1) is 0 Å². The number of nitrogens with one attached hydrogen (secondary N) is 1. The zero-order valence-corrected chi connectivity index (χ0v) is 18.2. The molecule has 0 fully saturated rings. The van der Waals surface area contributed by atoms with Gasteiger partial charge in [0.15, 0.2) is 0 Å². The molecule has 3 aromatic carbocycles. The van der Waals surface area contributed by atoms with Crippen molar-refractivity contribution in [2.45, 2.75) is 25.9 Å². The Morgan fingerprint density at radius 2 is 1.66 bits per heavy atom. The highest BCUT2D eigenvalue weighted by atomic mass is 16.2. The molecule has 0 saturated carbocycles. The van der Waals surface area contributed by atoms with Crippen molar-refractivity contribution in [2.75, 3.05) is 6.54 Å². The van der Waals surface area contributed by atoms with E-state index >= 15 is 0 Å². The molecule has 0 unspecified atom stereocenters. The van der Waals surface area contributed by atoms with E-state index in [1.54, 1.807) is 0 Å². The number of nitrogens with zero attached hydrogens (tertiary/aromatic N) is 2. The molecule has 160 valence electrons. The van der Waals surface area contributed by atoms with E-state index in [9.17, 15) is 4.79 Å². The second-order valence-electron chi connectivity index (χ2n) is 8.29. The zero-order valence-electron chi connectivity index (χ0n) is 18.2. The van der Waals surface area contributed by atoms with Crippen LogP contribution in [-0.4, -0.2) is 22.0 Å². The zero-order chi connectivity index (χ0) is 21.9. The van der Waals surface area contributed by atoms with Crippen molar-refractivity contribution < 1.29 is 4.79 Å². The van der Waals surface area contributed by atoms with Crippen LogP contribution >= 0.6 is 0 Å². The van der Waals surface area contributed by atoms with E-state index in [1.165, 1.54) is 11.1 Å². The van der Waals surface area contributed by atoms with Crippen molar-refractivity contribution in [1.82, 2.24) is 14.8 Å². The summed E-state index contributed by atoms with van der Waals surface area (Å²) < 4.78 is 2.23. The van der Waals surface area contributed by atoms with Gasteiger partial charge in [-0.05, 0) is 53.8 Å². The predicted octanol–water partition coefficient (Wildman–Crippen LogP) is 5.64. The van der Waals surface area contributed by atoms with Crippen LogP contribution in [0.15, 0.2) is 97.2 Å². The van der Waals surface area contributed by atoms with Crippen molar-refractivity contribution in [2.24, 2.45) is 0 Å². The van der Waals surface area contributed by atoms with Crippen LogP contribution in [0, 0.1) is 6.92 Å². The van der Waals surface area contributed by atoms with Gasteiger partial charge in [-0.3, -0.25) is 0 Å². The van der Waals surface area contributed by atoms with Crippen LogP contribution in [-0.2, 0) is 13.0 Å². The SMILES string of the molecule is Cc1ccccc1[C@@H]1c2cccn2-c2ccccc2CN1C(=O)NCCc1ccccc1. The summed E-state index contributed by atoms with van der Waals surface area (Å²) in [6.07, 6.45) is 2.90. The number of amides is 2. The molecule has 0 aliphatic carbocycles. The summed E-state index contributed by atoms with van der Waals surface area (Å²) >= 11 is 0. The number of aromatic nitrogens is 1. The topological polar surface area (TPSA) is 37.3 Å². The van der Waals surface area contributed by atoms with Gasteiger partial charge in [0.25, 0.3) is 0 Å². The third-order valence-corrected chi connectivity index (χ3v) is 6.24. The van der Waals surface area contributed by atoms with Gasteiger partial charge in [0, 0.05) is 18.4 Å². The summed E-state index contributed by atoms with van der Waals surface area (Å²) in [5.74, 6) is 0. The Bertz CT molecular complexity index is 1230. The lowest BCUT2D eigenvalue weighted by Gasteiger charge is -2.32. The van der Waals surface area contributed by atoms with Crippen LogP contribution < -0.4 is 5.32 Å². The molecule has 1 aliphatic heterocycles. The average molecular weight is 422 g/mol.